The van der Waals surface area contributed by atoms with Crippen molar-refractivity contribution in [3.8, 4) is 11.5 Å². The number of aromatic nitrogens is 1. The monoisotopic (exact) mass is 395 g/mol. The fraction of sp³-hybridized carbons (Fsp3) is 0.375. The van der Waals surface area contributed by atoms with E-state index < -0.39 is 6.03 Å². The Morgan fingerprint density at radius 3 is 2.54 bits per heavy atom. The summed E-state index contributed by atoms with van der Waals surface area (Å²) in [5.74, 6) is 2.04. The number of carbonyl (C=O) groups excluding carboxylic acids is 1. The highest BCUT2D eigenvalue weighted by Crippen LogP contribution is 2.37. The van der Waals surface area contributed by atoms with Gasteiger partial charge in [0.05, 0.1) is 11.7 Å². The summed E-state index contributed by atoms with van der Waals surface area (Å²) in [6.45, 7) is 6.53. The number of carbonyl (C=O) groups is 1. The number of oxazole rings is 1. The van der Waals surface area contributed by atoms with Crippen LogP contribution >= 0.6 is 15.9 Å². The molecule has 24 heavy (non-hydrogen) atoms. The number of urea groups is 1. The van der Waals surface area contributed by atoms with Gasteiger partial charge in [0.15, 0.2) is 11.5 Å². The van der Waals surface area contributed by atoms with Gasteiger partial charge in [-0.2, -0.15) is 4.98 Å². The maximum absolute atomic E-state index is 12.1. The van der Waals surface area contributed by atoms with Crippen LogP contribution in [0.15, 0.2) is 21.0 Å². The molecule has 0 aliphatic carbocycles. The molecule has 1 aromatic carbocycles. The van der Waals surface area contributed by atoms with Gasteiger partial charge in [0.1, 0.15) is 19.0 Å². The maximum Gasteiger partial charge on any atom is 0.323 e. The molecule has 2 heterocycles. The summed E-state index contributed by atoms with van der Waals surface area (Å²) in [6.07, 6.45) is 0. The van der Waals surface area contributed by atoms with Gasteiger partial charge < -0.3 is 19.2 Å². The minimum absolute atomic E-state index is 0.177. The molecule has 8 heteroatoms. The summed E-state index contributed by atoms with van der Waals surface area (Å²) in [5.41, 5.74) is 1.63. The molecule has 1 aromatic heterocycles. The molecular formula is C16H18BrN3O4. The van der Waals surface area contributed by atoms with Crippen molar-refractivity contribution in [1.29, 1.82) is 0 Å². The fourth-order valence-corrected chi connectivity index (χ4v) is 3.01. The van der Waals surface area contributed by atoms with Crippen LogP contribution in [0.1, 0.15) is 30.0 Å². The lowest BCUT2D eigenvalue weighted by molar-refractivity contribution is 0.171. The number of hydrogen-bond acceptors (Lipinski definition) is 5. The van der Waals surface area contributed by atoms with Crippen LogP contribution in [-0.2, 0) is 0 Å². The fourth-order valence-electron chi connectivity index (χ4n) is 2.35. The Balaban J connectivity index is 1.70. The number of nitrogens with one attached hydrogen (secondary N) is 2. The molecule has 1 atom stereocenters. The van der Waals surface area contributed by atoms with Crippen LogP contribution in [0.4, 0.5) is 10.8 Å². The molecule has 2 N–H and O–H groups in total. The molecule has 1 aliphatic heterocycles. The second-order valence-electron chi connectivity index (χ2n) is 5.50. The molecule has 0 spiro atoms. The number of amides is 2. The van der Waals surface area contributed by atoms with Gasteiger partial charge in [-0.1, -0.05) is 15.9 Å². The molecule has 0 bridgehead atoms. The predicted octanol–water partition coefficient (Wildman–Crippen LogP) is 3.71. The van der Waals surface area contributed by atoms with Crippen LogP contribution in [0, 0.1) is 13.8 Å². The van der Waals surface area contributed by atoms with Crippen molar-refractivity contribution in [3.05, 3.63) is 33.6 Å². The van der Waals surface area contributed by atoms with Crippen LogP contribution in [-0.4, -0.2) is 24.2 Å². The number of rotatable bonds is 3. The minimum atomic E-state index is -0.398. The predicted molar refractivity (Wildman–Crippen MR) is 91.7 cm³/mol. The first-order valence-electron chi connectivity index (χ1n) is 7.54. The van der Waals surface area contributed by atoms with Crippen LogP contribution in [0.25, 0.3) is 0 Å². The molecule has 0 radical (unpaired) electrons. The van der Waals surface area contributed by atoms with E-state index in [1.54, 1.807) is 6.92 Å². The van der Waals surface area contributed by atoms with Crippen molar-refractivity contribution in [2.24, 2.45) is 0 Å². The van der Waals surface area contributed by atoms with E-state index in [2.05, 4.69) is 31.5 Å². The molecule has 0 fully saturated rings. The largest absolute Gasteiger partial charge is 0.486 e. The molecule has 0 unspecified atom stereocenters. The molecule has 0 saturated heterocycles. The van der Waals surface area contributed by atoms with E-state index >= 15 is 0 Å². The van der Waals surface area contributed by atoms with Gasteiger partial charge in [0.2, 0.25) is 0 Å². The second-order valence-corrected chi connectivity index (χ2v) is 6.35. The van der Waals surface area contributed by atoms with Crippen LogP contribution in [0.3, 0.4) is 0 Å². The van der Waals surface area contributed by atoms with Gasteiger partial charge in [-0.3, -0.25) is 5.32 Å². The van der Waals surface area contributed by atoms with E-state index in [9.17, 15) is 4.79 Å². The molecule has 3 rings (SSSR count). The summed E-state index contributed by atoms with van der Waals surface area (Å²) in [6, 6.07) is 3.23. The minimum Gasteiger partial charge on any atom is -0.486 e. The smallest absolute Gasteiger partial charge is 0.323 e. The average molecular weight is 396 g/mol. The van der Waals surface area contributed by atoms with E-state index in [4.69, 9.17) is 13.9 Å². The third kappa shape index (κ3) is 3.48. The van der Waals surface area contributed by atoms with Crippen molar-refractivity contribution in [2.45, 2.75) is 26.8 Å². The Kier molecular flexibility index (Phi) is 4.66. The lowest BCUT2D eigenvalue weighted by Gasteiger charge is -2.22. The van der Waals surface area contributed by atoms with E-state index in [0.717, 1.165) is 15.7 Å². The second kappa shape index (κ2) is 6.72. The van der Waals surface area contributed by atoms with Crippen LogP contribution in [0.2, 0.25) is 0 Å². The highest BCUT2D eigenvalue weighted by molar-refractivity contribution is 9.10. The molecule has 2 amide bonds. The van der Waals surface area contributed by atoms with Crippen molar-refractivity contribution < 1.29 is 18.7 Å². The number of halogens is 1. The summed E-state index contributed by atoms with van der Waals surface area (Å²) >= 11 is 3.51. The number of ether oxygens (including phenoxy) is 2. The van der Waals surface area contributed by atoms with Gasteiger partial charge in [0, 0.05) is 4.47 Å². The molecule has 7 nitrogen and oxygen atoms in total. The highest BCUT2D eigenvalue weighted by Gasteiger charge is 2.20. The zero-order chi connectivity index (χ0) is 17.3. The zero-order valence-corrected chi connectivity index (χ0v) is 15.2. The van der Waals surface area contributed by atoms with Crippen molar-refractivity contribution in [3.63, 3.8) is 0 Å². The zero-order valence-electron chi connectivity index (χ0n) is 13.6. The van der Waals surface area contributed by atoms with Crippen molar-refractivity contribution in [2.75, 3.05) is 18.5 Å². The molecule has 0 saturated carbocycles. The molecule has 1 aliphatic rings. The SMILES string of the molecule is Cc1nc(NC(=O)N[C@@H](C)c2cc3c(cc2Br)OCCO3)oc1C. The number of hydrogen-bond donors (Lipinski definition) is 2. The maximum atomic E-state index is 12.1. The number of fused-ring (bicyclic) bond motifs is 1. The summed E-state index contributed by atoms with van der Waals surface area (Å²) < 4.78 is 17.3. The van der Waals surface area contributed by atoms with Crippen molar-refractivity contribution in [1.82, 2.24) is 10.3 Å². The van der Waals surface area contributed by atoms with Crippen LogP contribution in [0.5, 0.6) is 11.5 Å². The number of benzene rings is 1. The Morgan fingerprint density at radius 1 is 1.25 bits per heavy atom. The quantitative estimate of drug-likeness (QED) is 0.826. The topological polar surface area (TPSA) is 85.6 Å². The Labute approximate surface area is 147 Å². The summed E-state index contributed by atoms with van der Waals surface area (Å²) in [7, 11) is 0. The first-order chi connectivity index (χ1) is 11.4. The summed E-state index contributed by atoms with van der Waals surface area (Å²) in [4.78, 5) is 16.2. The number of aryl methyl sites for hydroxylation is 2. The Bertz CT molecular complexity index is 755. The van der Waals surface area contributed by atoms with E-state index in [1.807, 2.05) is 26.0 Å². The third-order valence-electron chi connectivity index (χ3n) is 3.72. The van der Waals surface area contributed by atoms with Crippen molar-refractivity contribution >= 4 is 28.0 Å². The van der Waals surface area contributed by atoms with Gasteiger partial charge in [-0.25, -0.2) is 4.79 Å². The lowest BCUT2D eigenvalue weighted by atomic mass is 10.1. The molecule has 128 valence electrons. The highest BCUT2D eigenvalue weighted by atomic mass is 79.9. The van der Waals surface area contributed by atoms with E-state index in [-0.39, 0.29) is 12.1 Å². The van der Waals surface area contributed by atoms with Crippen LogP contribution < -0.4 is 20.1 Å². The van der Waals surface area contributed by atoms with E-state index in [1.165, 1.54) is 0 Å². The molecular weight excluding hydrogens is 378 g/mol. The number of anilines is 1. The van der Waals surface area contributed by atoms with Gasteiger partial charge in [0.25, 0.3) is 0 Å². The average Bonchev–Trinajstić information content (AvgIpc) is 2.84. The number of nitrogens with zero attached hydrogens (tertiary/aromatic N) is 1. The first kappa shape index (κ1) is 16.6. The van der Waals surface area contributed by atoms with E-state index in [0.29, 0.717) is 30.5 Å². The normalized spacial score (nSPS) is 14.2. The lowest BCUT2D eigenvalue weighted by Crippen LogP contribution is -2.31. The van der Waals surface area contributed by atoms with Gasteiger partial charge >= 0.3 is 12.0 Å². The Morgan fingerprint density at radius 2 is 1.92 bits per heavy atom. The Hall–Kier alpha value is -2.22. The van der Waals surface area contributed by atoms with Gasteiger partial charge in [-0.05, 0) is 38.5 Å². The summed E-state index contributed by atoms with van der Waals surface area (Å²) in [5, 5.41) is 5.43. The third-order valence-corrected chi connectivity index (χ3v) is 4.41. The molecule has 2 aromatic rings. The van der Waals surface area contributed by atoms with Gasteiger partial charge in [-0.15, -0.1) is 0 Å². The standard InChI is InChI=1S/C16H18BrN3O4/c1-8-10(3)24-16(19-8)20-15(21)18-9(2)11-6-13-14(7-12(11)17)23-5-4-22-13/h6-7,9H,4-5H2,1-3H3,(H2,18,19,20,21)/t9-/m0/s1. The first-order valence-corrected chi connectivity index (χ1v) is 8.34.